The topological polar surface area (TPSA) is 63.8 Å². The molecule has 0 aliphatic heterocycles. The minimum Gasteiger partial charge on any atom is -0.506 e. The van der Waals surface area contributed by atoms with E-state index in [4.69, 9.17) is 4.74 Å². The molecule has 4 rings (SSSR count). The predicted octanol–water partition coefficient (Wildman–Crippen LogP) is 4.85. The van der Waals surface area contributed by atoms with Crippen LogP contribution in [0.1, 0.15) is 12.5 Å². The maximum atomic E-state index is 13.5. The van der Waals surface area contributed by atoms with Gasteiger partial charge in [-0.2, -0.15) is 0 Å². The normalized spacial score (nSPS) is 11.6. The van der Waals surface area contributed by atoms with Crippen LogP contribution < -0.4 is 10.3 Å². The fourth-order valence-corrected chi connectivity index (χ4v) is 3.42. The van der Waals surface area contributed by atoms with Crippen molar-refractivity contribution >= 4 is 22.3 Å². The zero-order chi connectivity index (χ0) is 20.4. The maximum Gasteiger partial charge on any atom is 0.268 e. The minimum absolute atomic E-state index is 0.0677. The number of fused-ring (bicyclic) bond motifs is 1. The zero-order valence-corrected chi connectivity index (χ0v) is 16.2. The molecule has 4 aromatic rings. The average molecular weight is 384 g/mol. The van der Waals surface area contributed by atoms with Gasteiger partial charge in [-0.15, -0.1) is 0 Å². The Morgan fingerprint density at radius 1 is 0.966 bits per heavy atom. The molecule has 0 saturated carbocycles. The molecule has 1 aromatic heterocycles. The molecule has 5 heteroatoms. The van der Waals surface area contributed by atoms with Crippen molar-refractivity contribution in [2.75, 3.05) is 7.11 Å². The number of benzene rings is 3. The number of aromatic hydroxyl groups is 1. The molecule has 144 valence electrons. The van der Waals surface area contributed by atoms with Gasteiger partial charge in [-0.3, -0.25) is 14.4 Å². The highest BCUT2D eigenvalue weighted by Gasteiger charge is 2.19. The molecular weight excluding hydrogens is 364 g/mol. The van der Waals surface area contributed by atoms with Crippen LogP contribution in [0.3, 0.4) is 0 Å². The Labute approximate surface area is 168 Å². The summed E-state index contributed by atoms with van der Waals surface area (Å²) in [5.74, 6) is 0.602. The van der Waals surface area contributed by atoms with Crippen LogP contribution in [0.25, 0.3) is 16.6 Å². The molecule has 0 radical (unpaired) electrons. The summed E-state index contributed by atoms with van der Waals surface area (Å²) in [5.41, 5.74) is 2.28. The lowest BCUT2D eigenvalue weighted by molar-refractivity contribution is 0.415. The molecule has 0 aliphatic rings. The number of hydrogen-bond acceptors (Lipinski definition) is 4. The highest BCUT2D eigenvalue weighted by molar-refractivity contribution is 6.06. The third-order valence-electron chi connectivity index (χ3n) is 4.78. The van der Waals surface area contributed by atoms with E-state index >= 15 is 0 Å². The first-order valence-electron chi connectivity index (χ1n) is 9.22. The summed E-state index contributed by atoms with van der Waals surface area (Å²) in [5, 5.41) is 11.5. The van der Waals surface area contributed by atoms with Crippen LogP contribution in [0.15, 0.2) is 88.6 Å². The molecule has 29 heavy (non-hydrogen) atoms. The van der Waals surface area contributed by atoms with Gasteiger partial charge in [-0.1, -0.05) is 36.4 Å². The van der Waals surface area contributed by atoms with Crippen LogP contribution in [0.5, 0.6) is 11.5 Å². The van der Waals surface area contributed by atoms with Crippen LogP contribution in [-0.2, 0) is 0 Å². The Morgan fingerprint density at radius 3 is 2.45 bits per heavy atom. The van der Waals surface area contributed by atoms with Gasteiger partial charge < -0.3 is 9.84 Å². The summed E-state index contributed by atoms with van der Waals surface area (Å²) in [7, 11) is 1.59. The number of nitrogens with zero attached hydrogens (tertiary/aromatic N) is 2. The molecule has 0 unspecified atom stereocenters. The molecule has 0 fully saturated rings. The maximum absolute atomic E-state index is 13.5. The molecule has 3 aromatic carbocycles. The fourth-order valence-electron chi connectivity index (χ4n) is 3.42. The van der Waals surface area contributed by atoms with Crippen molar-refractivity contribution in [1.82, 2.24) is 4.57 Å². The molecule has 5 nitrogen and oxygen atoms in total. The van der Waals surface area contributed by atoms with Gasteiger partial charge in [-0.05, 0) is 43.3 Å². The quantitative estimate of drug-likeness (QED) is 0.512. The summed E-state index contributed by atoms with van der Waals surface area (Å²) >= 11 is 0. The molecule has 0 bridgehead atoms. The van der Waals surface area contributed by atoms with Crippen LogP contribution in [0.2, 0.25) is 0 Å². The lowest BCUT2D eigenvalue weighted by atomic mass is 10.1. The van der Waals surface area contributed by atoms with Crippen molar-refractivity contribution in [3.63, 3.8) is 0 Å². The number of ether oxygens (including phenoxy) is 1. The summed E-state index contributed by atoms with van der Waals surface area (Å²) in [6, 6.07) is 23.9. The first-order chi connectivity index (χ1) is 14.1. The van der Waals surface area contributed by atoms with E-state index in [-0.39, 0.29) is 16.9 Å². The number of aliphatic imine (C=N–C) groups is 1. The highest BCUT2D eigenvalue weighted by atomic mass is 16.5. The van der Waals surface area contributed by atoms with Crippen molar-refractivity contribution in [1.29, 1.82) is 0 Å². The van der Waals surface area contributed by atoms with Crippen LogP contribution in [-0.4, -0.2) is 22.5 Å². The Morgan fingerprint density at radius 2 is 1.69 bits per heavy atom. The van der Waals surface area contributed by atoms with Crippen molar-refractivity contribution < 1.29 is 9.84 Å². The third-order valence-corrected chi connectivity index (χ3v) is 4.78. The van der Waals surface area contributed by atoms with Gasteiger partial charge >= 0.3 is 0 Å². The molecule has 0 saturated heterocycles. The lowest BCUT2D eigenvalue weighted by Gasteiger charge is -2.15. The van der Waals surface area contributed by atoms with Crippen LogP contribution in [0, 0.1) is 0 Å². The monoisotopic (exact) mass is 384 g/mol. The van der Waals surface area contributed by atoms with Gasteiger partial charge in [-0.25, -0.2) is 0 Å². The van der Waals surface area contributed by atoms with Gasteiger partial charge in [0.25, 0.3) is 5.56 Å². The van der Waals surface area contributed by atoms with Crippen molar-refractivity contribution in [3.05, 3.63) is 94.8 Å². The van der Waals surface area contributed by atoms with Crippen LogP contribution >= 0.6 is 0 Å². The molecule has 0 amide bonds. The van der Waals surface area contributed by atoms with E-state index in [0.29, 0.717) is 28.1 Å². The van der Waals surface area contributed by atoms with Crippen molar-refractivity contribution in [2.45, 2.75) is 6.92 Å². The fraction of sp³-hybridized carbons (Fsp3) is 0.0833. The molecule has 0 aliphatic carbocycles. The number of hydrogen-bond donors (Lipinski definition) is 1. The second kappa shape index (κ2) is 7.64. The van der Waals surface area contributed by atoms with E-state index in [1.54, 1.807) is 30.7 Å². The van der Waals surface area contributed by atoms with E-state index in [0.717, 1.165) is 5.69 Å². The van der Waals surface area contributed by atoms with Gasteiger partial charge in [0, 0.05) is 17.1 Å². The summed E-state index contributed by atoms with van der Waals surface area (Å²) < 4.78 is 6.85. The molecule has 0 atom stereocenters. The van der Waals surface area contributed by atoms with Gasteiger partial charge in [0.15, 0.2) is 0 Å². The summed E-state index contributed by atoms with van der Waals surface area (Å²) in [4.78, 5) is 18.0. The number of rotatable bonds is 4. The molecular formula is C24H20N2O3. The van der Waals surface area contributed by atoms with E-state index < -0.39 is 0 Å². The predicted molar refractivity (Wildman–Crippen MR) is 116 cm³/mol. The third kappa shape index (κ3) is 3.38. The number of aromatic nitrogens is 1. The standard InChI is InChI=1S/C24H20N2O3/c1-16(25-17-9-8-12-19(15-17)29-2)22-23(27)20-13-6-7-14-21(20)26(24(22)28)18-10-4-3-5-11-18/h3-15,27H,1-2H3. The number of methoxy groups -OCH3 is 1. The average Bonchev–Trinajstić information content (AvgIpc) is 2.75. The lowest BCUT2D eigenvalue weighted by Crippen LogP contribution is -2.25. The van der Waals surface area contributed by atoms with Gasteiger partial charge in [0.05, 0.1) is 24.0 Å². The van der Waals surface area contributed by atoms with Gasteiger partial charge in [0.1, 0.15) is 17.1 Å². The number of pyridine rings is 1. The number of para-hydroxylation sites is 2. The van der Waals surface area contributed by atoms with Gasteiger partial charge in [0.2, 0.25) is 0 Å². The Kier molecular flexibility index (Phi) is 4.87. The minimum atomic E-state index is -0.323. The Balaban J connectivity index is 2.00. The zero-order valence-electron chi connectivity index (χ0n) is 16.2. The molecule has 1 N–H and O–H groups in total. The highest BCUT2D eigenvalue weighted by Crippen LogP contribution is 2.29. The first kappa shape index (κ1) is 18.5. The van der Waals surface area contributed by atoms with E-state index in [2.05, 4.69) is 4.99 Å². The summed E-state index contributed by atoms with van der Waals surface area (Å²) in [6.07, 6.45) is 0. The van der Waals surface area contributed by atoms with E-state index in [1.807, 2.05) is 66.7 Å². The van der Waals surface area contributed by atoms with E-state index in [9.17, 15) is 9.90 Å². The SMILES string of the molecule is COc1cccc(N=C(C)c2c(O)c3ccccc3n(-c3ccccc3)c2=O)c1. The first-order valence-corrected chi connectivity index (χ1v) is 9.22. The largest absolute Gasteiger partial charge is 0.506 e. The second-order valence-corrected chi connectivity index (χ2v) is 6.62. The second-order valence-electron chi connectivity index (χ2n) is 6.62. The Hall–Kier alpha value is -3.86. The summed E-state index contributed by atoms with van der Waals surface area (Å²) in [6.45, 7) is 1.72. The van der Waals surface area contributed by atoms with Crippen molar-refractivity contribution in [3.8, 4) is 17.2 Å². The smallest absolute Gasteiger partial charge is 0.268 e. The van der Waals surface area contributed by atoms with E-state index in [1.165, 1.54) is 0 Å². The molecule has 1 heterocycles. The Bertz CT molecular complexity index is 1270. The van der Waals surface area contributed by atoms with Crippen molar-refractivity contribution in [2.24, 2.45) is 4.99 Å². The molecule has 0 spiro atoms. The van der Waals surface area contributed by atoms with Crippen LogP contribution in [0.4, 0.5) is 5.69 Å².